The van der Waals surface area contributed by atoms with Crippen molar-refractivity contribution in [3.05, 3.63) is 23.7 Å². The zero-order valence-corrected chi connectivity index (χ0v) is 14.4. The fraction of sp³-hybridized carbons (Fsp3) is 0.500. The van der Waals surface area contributed by atoms with Crippen molar-refractivity contribution in [2.45, 2.75) is 38.9 Å². The van der Waals surface area contributed by atoms with Crippen LogP contribution in [0.15, 0.2) is 12.4 Å². The molecule has 1 aliphatic carbocycles. The summed E-state index contributed by atoms with van der Waals surface area (Å²) in [6.07, 6.45) is 0.275. The fourth-order valence-corrected chi connectivity index (χ4v) is 2.74. The Morgan fingerprint density at radius 1 is 1.35 bits per heavy atom. The van der Waals surface area contributed by atoms with E-state index in [0.717, 1.165) is 24.7 Å². The first-order chi connectivity index (χ1) is 12.3. The van der Waals surface area contributed by atoms with Gasteiger partial charge in [0, 0.05) is 31.6 Å². The van der Waals surface area contributed by atoms with Crippen molar-refractivity contribution in [1.29, 1.82) is 5.26 Å². The molecule has 0 bridgehead atoms. The molecular weight excluding hydrogens is 347 g/mol. The molecule has 1 saturated carbocycles. The molecule has 26 heavy (non-hydrogen) atoms. The summed E-state index contributed by atoms with van der Waals surface area (Å²) in [7, 11) is 1.37. The van der Waals surface area contributed by atoms with Crippen molar-refractivity contribution < 1.29 is 13.2 Å². The molecule has 0 amide bonds. The van der Waals surface area contributed by atoms with Gasteiger partial charge in [-0.2, -0.15) is 28.5 Å². The number of hydrogen-bond donors (Lipinski definition) is 2. The number of nitriles is 1. The summed E-state index contributed by atoms with van der Waals surface area (Å²) >= 11 is 0. The van der Waals surface area contributed by atoms with Crippen LogP contribution in [0.1, 0.15) is 30.5 Å². The molecule has 2 aromatic rings. The van der Waals surface area contributed by atoms with Crippen LogP contribution in [0, 0.1) is 23.7 Å². The number of aromatic nitrogens is 4. The van der Waals surface area contributed by atoms with Crippen molar-refractivity contribution in [3.8, 4) is 6.07 Å². The highest BCUT2D eigenvalue weighted by atomic mass is 19.4. The quantitative estimate of drug-likeness (QED) is 0.814. The lowest BCUT2D eigenvalue weighted by atomic mass is 10.0. The summed E-state index contributed by atoms with van der Waals surface area (Å²) in [5.41, 5.74) is 0.487. The Morgan fingerprint density at radius 2 is 2.08 bits per heavy atom. The average Bonchev–Trinajstić information content (AvgIpc) is 3.27. The van der Waals surface area contributed by atoms with Gasteiger partial charge in [-0.05, 0) is 19.8 Å². The second kappa shape index (κ2) is 6.48. The first-order valence-corrected chi connectivity index (χ1v) is 8.06. The predicted octanol–water partition coefficient (Wildman–Crippen LogP) is 3.48. The summed E-state index contributed by atoms with van der Waals surface area (Å²) < 4.78 is 40.5. The topological polar surface area (TPSA) is 91.5 Å². The van der Waals surface area contributed by atoms with Gasteiger partial charge in [-0.15, -0.1) is 0 Å². The van der Waals surface area contributed by atoms with Gasteiger partial charge in [0.05, 0.1) is 23.6 Å². The minimum Gasteiger partial charge on any atom is -0.372 e. The number of halogens is 3. The minimum atomic E-state index is -4.53. The molecule has 2 N–H and O–H groups in total. The number of hydrogen-bond acceptors (Lipinski definition) is 6. The molecule has 2 heterocycles. The third-order valence-corrected chi connectivity index (χ3v) is 4.58. The maximum absolute atomic E-state index is 12.9. The van der Waals surface area contributed by atoms with Crippen molar-refractivity contribution in [3.63, 3.8) is 0 Å². The SMILES string of the molecule is CNc1nc(Nc2cnn(CC3(CC#N)CC3)c2C)ncc1C(F)(F)F. The Morgan fingerprint density at radius 3 is 2.65 bits per heavy atom. The Kier molecular flexibility index (Phi) is 4.48. The largest absolute Gasteiger partial charge is 0.421 e. The fourth-order valence-electron chi connectivity index (χ4n) is 2.74. The first kappa shape index (κ1) is 18.0. The lowest BCUT2D eigenvalue weighted by Crippen LogP contribution is -2.14. The van der Waals surface area contributed by atoms with E-state index in [1.807, 2.05) is 6.92 Å². The number of rotatable bonds is 6. The summed E-state index contributed by atoms with van der Waals surface area (Å²) in [5, 5.41) is 18.6. The highest BCUT2D eigenvalue weighted by Crippen LogP contribution is 2.50. The van der Waals surface area contributed by atoms with Crippen LogP contribution in [0.2, 0.25) is 0 Å². The summed E-state index contributed by atoms with van der Waals surface area (Å²) in [6.45, 7) is 2.49. The van der Waals surface area contributed by atoms with Crippen molar-refractivity contribution in [2.75, 3.05) is 17.7 Å². The van der Waals surface area contributed by atoms with E-state index in [-0.39, 0.29) is 17.2 Å². The van der Waals surface area contributed by atoms with Crippen LogP contribution < -0.4 is 10.6 Å². The molecule has 0 spiro atoms. The van der Waals surface area contributed by atoms with E-state index in [1.54, 1.807) is 10.9 Å². The number of alkyl halides is 3. The molecule has 7 nitrogen and oxygen atoms in total. The van der Waals surface area contributed by atoms with E-state index in [1.165, 1.54) is 7.05 Å². The molecule has 0 radical (unpaired) electrons. The van der Waals surface area contributed by atoms with E-state index in [2.05, 4.69) is 31.8 Å². The van der Waals surface area contributed by atoms with Crippen LogP contribution in [0.5, 0.6) is 0 Å². The molecule has 3 rings (SSSR count). The van der Waals surface area contributed by atoms with Crippen LogP contribution in [0.25, 0.3) is 0 Å². The Labute approximate surface area is 148 Å². The predicted molar refractivity (Wildman–Crippen MR) is 88.7 cm³/mol. The van der Waals surface area contributed by atoms with Crippen molar-refractivity contribution in [2.24, 2.45) is 5.41 Å². The molecule has 0 unspecified atom stereocenters. The van der Waals surface area contributed by atoms with E-state index < -0.39 is 11.7 Å². The van der Waals surface area contributed by atoms with Gasteiger partial charge in [-0.25, -0.2) is 4.98 Å². The summed E-state index contributed by atoms with van der Waals surface area (Å²) in [4.78, 5) is 7.64. The summed E-state index contributed by atoms with van der Waals surface area (Å²) in [6, 6.07) is 2.21. The zero-order chi connectivity index (χ0) is 18.9. The van der Waals surface area contributed by atoms with Crippen LogP contribution >= 0.6 is 0 Å². The third-order valence-electron chi connectivity index (χ3n) is 4.58. The van der Waals surface area contributed by atoms with Gasteiger partial charge in [0.15, 0.2) is 0 Å². The van der Waals surface area contributed by atoms with Gasteiger partial charge in [-0.1, -0.05) is 0 Å². The van der Waals surface area contributed by atoms with Crippen LogP contribution in [0.3, 0.4) is 0 Å². The molecule has 0 saturated heterocycles. The molecule has 10 heteroatoms. The Hall–Kier alpha value is -2.83. The second-order valence-electron chi connectivity index (χ2n) is 6.46. The molecule has 1 fully saturated rings. The molecule has 0 aromatic carbocycles. The summed E-state index contributed by atoms with van der Waals surface area (Å²) in [5.74, 6) is -0.255. The van der Waals surface area contributed by atoms with E-state index in [0.29, 0.717) is 18.7 Å². The molecule has 0 aliphatic heterocycles. The van der Waals surface area contributed by atoms with Gasteiger partial charge in [-0.3, -0.25) is 4.68 Å². The maximum Gasteiger partial charge on any atom is 0.421 e. The second-order valence-corrected chi connectivity index (χ2v) is 6.46. The maximum atomic E-state index is 12.9. The highest BCUT2D eigenvalue weighted by molar-refractivity contribution is 5.58. The highest BCUT2D eigenvalue weighted by Gasteiger charge is 2.43. The minimum absolute atomic E-state index is 0.00699. The molecule has 138 valence electrons. The third kappa shape index (κ3) is 3.56. The van der Waals surface area contributed by atoms with Gasteiger partial charge in [0.25, 0.3) is 0 Å². The molecule has 1 aliphatic rings. The van der Waals surface area contributed by atoms with E-state index in [9.17, 15) is 13.2 Å². The van der Waals surface area contributed by atoms with Gasteiger partial charge >= 0.3 is 6.18 Å². The van der Waals surface area contributed by atoms with Gasteiger partial charge in [0.2, 0.25) is 5.95 Å². The zero-order valence-electron chi connectivity index (χ0n) is 14.4. The molecule has 2 aromatic heterocycles. The normalized spacial score (nSPS) is 15.4. The van der Waals surface area contributed by atoms with Crippen molar-refractivity contribution >= 4 is 17.5 Å². The van der Waals surface area contributed by atoms with Crippen molar-refractivity contribution in [1.82, 2.24) is 19.7 Å². The number of nitrogens with zero attached hydrogens (tertiary/aromatic N) is 5. The smallest absolute Gasteiger partial charge is 0.372 e. The van der Waals surface area contributed by atoms with E-state index in [4.69, 9.17) is 5.26 Å². The number of nitrogens with one attached hydrogen (secondary N) is 2. The standard InChI is InChI=1S/C16H18F3N7/c1-10-12(8-23-26(10)9-15(3-4-15)5-6-20)24-14-22-7-11(16(17,18)19)13(21-2)25-14/h7-8H,3-5,9H2,1-2H3,(H2,21,22,24,25). The van der Waals surface area contributed by atoms with Crippen LogP contribution in [-0.4, -0.2) is 26.8 Å². The Balaban J connectivity index is 1.79. The first-order valence-electron chi connectivity index (χ1n) is 8.06. The molecule has 0 atom stereocenters. The van der Waals surface area contributed by atoms with Gasteiger partial charge in [0.1, 0.15) is 11.4 Å². The van der Waals surface area contributed by atoms with Gasteiger partial charge < -0.3 is 10.6 Å². The lowest BCUT2D eigenvalue weighted by molar-refractivity contribution is -0.137. The number of anilines is 3. The van der Waals surface area contributed by atoms with Crippen LogP contribution in [-0.2, 0) is 12.7 Å². The monoisotopic (exact) mass is 365 g/mol. The van der Waals surface area contributed by atoms with E-state index >= 15 is 0 Å². The van der Waals surface area contributed by atoms with Crippen LogP contribution in [0.4, 0.5) is 30.6 Å². The molecular formula is C16H18F3N7. The average molecular weight is 365 g/mol. The Bertz CT molecular complexity index is 847. The lowest BCUT2D eigenvalue weighted by Gasteiger charge is -2.14.